The van der Waals surface area contributed by atoms with Crippen molar-refractivity contribution >= 4 is 28.9 Å². The number of nitrogens with zero attached hydrogens (tertiary/aromatic N) is 3. The van der Waals surface area contributed by atoms with Crippen molar-refractivity contribution in [3.8, 4) is 11.4 Å². The van der Waals surface area contributed by atoms with Crippen molar-refractivity contribution in [3.05, 3.63) is 69.6 Å². The van der Waals surface area contributed by atoms with E-state index in [4.69, 9.17) is 16.1 Å². The molecule has 0 spiro atoms. The van der Waals surface area contributed by atoms with E-state index in [-0.39, 0.29) is 18.0 Å². The predicted molar refractivity (Wildman–Crippen MR) is 108 cm³/mol. The number of aromatic nitrogens is 2. The number of nitro groups is 1. The quantitative estimate of drug-likeness (QED) is 0.311. The molecular weight excluding hydrogens is 398 g/mol. The molecule has 0 aliphatic rings. The summed E-state index contributed by atoms with van der Waals surface area (Å²) in [5.74, 6) is 0.620. The molecule has 0 aliphatic heterocycles. The maximum Gasteiger partial charge on any atom is 0.292 e. The number of hydrogen-bond donors (Lipinski definition) is 2. The molecule has 0 bridgehead atoms. The first kappa shape index (κ1) is 20.3. The minimum atomic E-state index is -0.455. The average molecular weight is 416 g/mol. The summed E-state index contributed by atoms with van der Waals surface area (Å²) in [6, 6.07) is 13.4. The maximum atomic E-state index is 12.0. The van der Waals surface area contributed by atoms with Crippen molar-refractivity contribution in [2.45, 2.75) is 12.8 Å². The zero-order valence-electron chi connectivity index (χ0n) is 15.3. The number of carbonyl (C=O) groups is 1. The van der Waals surface area contributed by atoms with Crippen LogP contribution in [0.4, 0.5) is 11.4 Å². The Kier molecular flexibility index (Phi) is 6.75. The largest absolute Gasteiger partial charge is 0.378 e. The predicted octanol–water partition coefficient (Wildman–Crippen LogP) is 3.46. The standard InChI is InChI=1S/C19H18ClN5O4/c20-14-7-5-13(6-8-14)19-23-18(29-24-19)10-9-17(26)22-12-11-21-15-3-1-2-4-16(15)25(27)28/h1-8,21H,9-12H2,(H,22,26). The number of hydrogen-bond acceptors (Lipinski definition) is 7. The van der Waals surface area contributed by atoms with E-state index in [1.807, 2.05) is 0 Å². The zero-order chi connectivity index (χ0) is 20.6. The summed E-state index contributed by atoms with van der Waals surface area (Å²) < 4.78 is 5.17. The molecule has 3 aromatic rings. The minimum Gasteiger partial charge on any atom is -0.378 e. The van der Waals surface area contributed by atoms with Crippen molar-refractivity contribution in [1.82, 2.24) is 15.5 Å². The third-order valence-corrected chi connectivity index (χ3v) is 4.25. The Morgan fingerprint density at radius 3 is 2.66 bits per heavy atom. The Labute approximate surface area is 171 Å². The molecule has 0 atom stereocenters. The van der Waals surface area contributed by atoms with Gasteiger partial charge in [0.25, 0.3) is 5.69 Å². The van der Waals surface area contributed by atoms with Gasteiger partial charge in [0.15, 0.2) is 0 Å². The SMILES string of the molecule is O=C(CCc1nc(-c2ccc(Cl)cc2)no1)NCCNc1ccccc1[N+](=O)[O-]. The molecule has 9 nitrogen and oxygen atoms in total. The van der Waals surface area contributed by atoms with Gasteiger partial charge in [0.1, 0.15) is 5.69 Å². The molecule has 2 N–H and O–H groups in total. The van der Waals surface area contributed by atoms with Crippen LogP contribution in [0.15, 0.2) is 53.1 Å². The second-order valence-corrected chi connectivity index (χ2v) is 6.51. The Balaban J connectivity index is 1.41. The van der Waals surface area contributed by atoms with Crippen LogP contribution in [0.25, 0.3) is 11.4 Å². The molecule has 2 aromatic carbocycles. The van der Waals surface area contributed by atoms with E-state index in [1.165, 1.54) is 6.07 Å². The van der Waals surface area contributed by atoms with Crippen molar-refractivity contribution < 1.29 is 14.2 Å². The molecule has 1 heterocycles. The highest BCUT2D eigenvalue weighted by Gasteiger charge is 2.12. The number of carbonyl (C=O) groups excluding carboxylic acids is 1. The number of anilines is 1. The summed E-state index contributed by atoms with van der Waals surface area (Å²) in [5.41, 5.74) is 1.17. The normalized spacial score (nSPS) is 10.5. The van der Waals surface area contributed by atoms with Gasteiger partial charge in [-0.25, -0.2) is 0 Å². The van der Waals surface area contributed by atoms with Gasteiger partial charge in [-0.3, -0.25) is 14.9 Å². The number of nitrogens with one attached hydrogen (secondary N) is 2. The third kappa shape index (κ3) is 5.76. The van der Waals surface area contributed by atoms with Crippen LogP contribution >= 0.6 is 11.6 Å². The molecule has 1 aromatic heterocycles. The number of halogens is 1. The van der Waals surface area contributed by atoms with Crippen LogP contribution in [-0.2, 0) is 11.2 Å². The molecule has 150 valence electrons. The topological polar surface area (TPSA) is 123 Å². The van der Waals surface area contributed by atoms with Gasteiger partial charge in [-0.1, -0.05) is 28.9 Å². The average Bonchev–Trinajstić information content (AvgIpc) is 3.19. The molecule has 29 heavy (non-hydrogen) atoms. The number of amides is 1. The number of aryl methyl sites for hydroxylation is 1. The number of rotatable bonds is 9. The van der Waals surface area contributed by atoms with Crippen molar-refractivity contribution in [2.75, 3.05) is 18.4 Å². The van der Waals surface area contributed by atoms with Crippen molar-refractivity contribution in [2.24, 2.45) is 0 Å². The van der Waals surface area contributed by atoms with Gasteiger partial charge in [-0.2, -0.15) is 4.98 Å². The summed E-state index contributed by atoms with van der Waals surface area (Å²) in [6.45, 7) is 0.683. The molecule has 0 unspecified atom stereocenters. The minimum absolute atomic E-state index is 0.00767. The highest BCUT2D eigenvalue weighted by atomic mass is 35.5. The van der Waals surface area contributed by atoms with Crippen molar-refractivity contribution in [3.63, 3.8) is 0 Å². The lowest BCUT2D eigenvalue weighted by molar-refractivity contribution is -0.384. The second kappa shape index (κ2) is 9.65. The first-order valence-electron chi connectivity index (χ1n) is 8.85. The van der Waals surface area contributed by atoms with Gasteiger partial charge in [0.05, 0.1) is 4.92 Å². The fraction of sp³-hybridized carbons (Fsp3) is 0.211. The fourth-order valence-corrected chi connectivity index (χ4v) is 2.69. The molecule has 3 rings (SSSR count). The van der Waals surface area contributed by atoms with Crippen LogP contribution in [0.5, 0.6) is 0 Å². The Morgan fingerprint density at radius 2 is 1.90 bits per heavy atom. The molecule has 0 saturated carbocycles. The summed E-state index contributed by atoms with van der Waals surface area (Å²) in [6.07, 6.45) is 0.498. The van der Waals surface area contributed by atoms with E-state index in [0.29, 0.717) is 41.9 Å². The Hall–Kier alpha value is -3.46. The van der Waals surface area contributed by atoms with Crippen LogP contribution in [0.2, 0.25) is 5.02 Å². The summed E-state index contributed by atoms with van der Waals surface area (Å²) in [4.78, 5) is 26.7. The monoisotopic (exact) mass is 415 g/mol. The summed E-state index contributed by atoms with van der Waals surface area (Å²) in [7, 11) is 0. The van der Waals surface area contributed by atoms with E-state index >= 15 is 0 Å². The number of para-hydroxylation sites is 2. The molecule has 0 radical (unpaired) electrons. The Morgan fingerprint density at radius 1 is 1.14 bits per heavy atom. The molecule has 1 amide bonds. The maximum absolute atomic E-state index is 12.0. The first-order valence-corrected chi connectivity index (χ1v) is 9.23. The van der Waals surface area contributed by atoms with Crippen LogP contribution in [0, 0.1) is 10.1 Å². The van der Waals surface area contributed by atoms with Crippen LogP contribution in [0.1, 0.15) is 12.3 Å². The molecule has 10 heteroatoms. The van der Waals surface area contributed by atoms with E-state index in [9.17, 15) is 14.9 Å². The smallest absolute Gasteiger partial charge is 0.292 e. The summed E-state index contributed by atoms with van der Waals surface area (Å²) in [5, 5.41) is 21.2. The van der Waals surface area contributed by atoms with Crippen molar-refractivity contribution in [1.29, 1.82) is 0 Å². The highest BCUT2D eigenvalue weighted by molar-refractivity contribution is 6.30. The Bertz CT molecular complexity index is 990. The van der Waals surface area contributed by atoms with Gasteiger partial charge in [0, 0.05) is 42.6 Å². The van der Waals surface area contributed by atoms with Crippen LogP contribution < -0.4 is 10.6 Å². The molecule has 0 fully saturated rings. The molecule has 0 aliphatic carbocycles. The van der Waals surface area contributed by atoms with E-state index in [2.05, 4.69) is 20.8 Å². The van der Waals surface area contributed by atoms with Gasteiger partial charge in [0.2, 0.25) is 17.6 Å². The van der Waals surface area contributed by atoms with E-state index in [0.717, 1.165) is 5.56 Å². The highest BCUT2D eigenvalue weighted by Crippen LogP contribution is 2.22. The molecule has 0 saturated heterocycles. The number of benzene rings is 2. The first-order chi connectivity index (χ1) is 14.0. The lowest BCUT2D eigenvalue weighted by Gasteiger charge is -2.08. The third-order valence-electron chi connectivity index (χ3n) is 4.00. The van der Waals surface area contributed by atoms with Gasteiger partial charge < -0.3 is 15.2 Å². The van der Waals surface area contributed by atoms with E-state index in [1.54, 1.807) is 42.5 Å². The van der Waals surface area contributed by atoms with Crippen LogP contribution in [0.3, 0.4) is 0 Å². The molecular formula is C19H18ClN5O4. The second-order valence-electron chi connectivity index (χ2n) is 6.07. The fourth-order valence-electron chi connectivity index (χ4n) is 2.56. The lowest BCUT2D eigenvalue weighted by Crippen LogP contribution is -2.29. The van der Waals surface area contributed by atoms with Gasteiger partial charge >= 0.3 is 0 Å². The summed E-state index contributed by atoms with van der Waals surface area (Å²) >= 11 is 5.85. The lowest BCUT2D eigenvalue weighted by atomic mass is 10.2. The van der Waals surface area contributed by atoms with Gasteiger partial charge in [-0.15, -0.1) is 0 Å². The number of nitro benzene ring substituents is 1. The van der Waals surface area contributed by atoms with E-state index < -0.39 is 4.92 Å². The zero-order valence-corrected chi connectivity index (χ0v) is 16.1. The van der Waals surface area contributed by atoms with Gasteiger partial charge in [-0.05, 0) is 30.3 Å². The van der Waals surface area contributed by atoms with Crippen LogP contribution in [-0.4, -0.2) is 34.1 Å².